The molecule has 0 radical (unpaired) electrons. The number of furan rings is 2. The van der Waals surface area contributed by atoms with Gasteiger partial charge < -0.3 is 18.6 Å². The van der Waals surface area contributed by atoms with Crippen molar-refractivity contribution in [3.8, 4) is 0 Å². The van der Waals surface area contributed by atoms with E-state index in [9.17, 15) is 52.7 Å². The molecule has 0 aliphatic heterocycles. The van der Waals surface area contributed by atoms with Gasteiger partial charge in [-0.1, -0.05) is 48.5 Å². The third kappa shape index (κ3) is 7.45. The van der Waals surface area contributed by atoms with E-state index >= 15 is 0 Å². The van der Waals surface area contributed by atoms with Crippen LogP contribution in [0.3, 0.4) is 0 Å². The van der Waals surface area contributed by atoms with Gasteiger partial charge in [-0.15, -0.1) is 0 Å². The van der Waals surface area contributed by atoms with E-state index in [1.807, 2.05) is 24.3 Å². The summed E-state index contributed by atoms with van der Waals surface area (Å²) in [5.74, 6) is 0. The monoisotopic (exact) mass is 964 g/mol. The Morgan fingerprint density at radius 1 is 0.286 bits per heavy atom. The maximum absolute atomic E-state index is 13.7. The summed E-state index contributed by atoms with van der Waals surface area (Å²) in [4.78, 5) is 3.08. The Morgan fingerprint density at radius 2 is 0.543 bits per heavy atom. The molecule has 0 amide bonds. The van der Waals surface area contributed by atoms with Crippen LogP contribution >= 0.6 is 0 Å². The lowest BCUT2D eigenvalue weighted by atomic mass is 9.98. The van der Waals surface area contributed by atoms with E-state index in [-0.39, 0.29) is 33.9 Å². The molecule has 0 spiro atoms. The van der Waals surface area contributed by atoms with E-state index < -0.39 is 47.0 Å². The Labute approximate surface area is 386 Å². The van der Waals surface area contributed by atoms with E-state index in [1.54, 1.807) is 58.3 Å². The molecule has 70 heavy (non-hydrogen) atoms. The number of anilines is 6. The molecule has 2 heterocycles. The van der Waals surface area contributed by atoms with Crippen molar-refractivity contribution >= 4 is 99.5 Å². The minimum absolute atomic E-state index is 0.206. The van der Waals surface area contributed by atoms with Crippen LogP contribution in [0.4, 0.5) is 86.8 Å². The average molecular weight is 965 g/mol. The van der Waals surface area contributed by atoms with Gasteiger partial charge in [0.05, 0.1) is 33.6 Å². The molecule has 0 N–H and O–H groups in total. The Kier molecular flexibility index (Phi) is 9.95. The van der Waals surface area contributed by atoms with Crippen LogP contribution < -0.4 is 9.80 Å². The van der Waals surface area contributed by atoms with Crippen molar-refractivity contribution in [3.05, 3.63) is 192 Å². The van der Waals surface area contributed by atoms with E-state index in [2.05, 4.69) is 0 Å². The SMILES string of the molecule is FC(F)(F)c1ccc(N(c2ccc(C(F)(F)F)cc2)c2cc3oc4c(ccc5c4oc4cc(N(c6ccc(C(F)(F)F)cc6)c6ccc(C(F)(F)F)cc6)c6ccccc6c45)c3c3ccccc23)cc1. The third-order valence-electron chi connectivity index (χ3n) is 12.3. The third-order valence-corrected chi connectivity index (χ3v) is 12.3. The number of hydrogen-bond donors (Lipinski definition) is 0. The normalized spacial score (nSPS) is 12.9. The predicted molar refractivity (Wildman–Crippen MR) is 245 cm³/mol. The van der Waals surface area contributed by atoms with Gasteiger partial charge in [0.2, 0.25) is 0 Å². The van der Waals surface area contributed by atoms with Gasteiger partial charge in [0.25, 0.3) is 0 Å². The van der Waals surface area contributed by atoms with Gasteiger partial charge in [0.1, 0.15) is 11.2 Å². The smallest absolute Gasteiger partial charge is 0.416 e. The molecule has 0 saturated carbocycles. The van der Waals surface area contributed by atoms with Crippen LogP contribution in [0.1, 0.15) is 22.3 Å². The Bertz CT molecular complexity index is 3450. The van der Waals surface area contributed by atoms with Crippen LogP contribution in [-0.4, -0.2) is 0 Å². The fraction of sp³-hybridized carbons (Fsp3) is 0.0741. The molecule has 11 rings (SSSR count). The van der Waals surface area contributed by atoms with Gasteiger partial charge >= 0.3 is 24.7 Å². The first-order valence-electron chi connectivity index (χ1n) is 21.2. The van der Waals surface area contributed by atoms with E-state index in [0.29, 0.717) is 65.6 Å². The molecule has 0 fully saturated rings. The first-order valence-corrected chi connectivity index (χ1v) is 21.2. The van der Waals surface area contributed by atoms with E-state index in [0.717, 1.165) is 48.5 Å². The maximum atomic E-state index is 13.7. The largest absolute Gasteiger partial charge is 0.452 e. The number of rotatable bonds is 6. The van der Waals surface area contributed by atoms with Crippen LogP contribution in [0.15, 0.2) is 179 Å². The van der Waals surface area contributed by atoms with Crippen molar-refractivity contribution in [2.75, 3.05) is 9.80 Å². The molecular formula is C54H28F12N2O2. The van der Waals surface area contributed by atoms with E-state index in [4.69, 9.17) is 8.83 Å². The fourth-order valence-electron chi connectivity index (χ4n) is 9.18. The minimum Gasteiger partial charge on any atom is -0.452 e. The number of nitrogens with zero attached hydrogens (tertiary/aromatic N) is 2. The van der Waals surface area contributed by atoms with Crippen LogP contribution in [0, 0.1) is 0 Å². The second kappa shape index (κ2) is 15.7. The lowest BCUT2D eigenvalue weighted by molar-refractivity contribution is -0.138. The second-order valence-corrected chi connectivity index (χ2v) is 16.5. The summed E-state index contributed by atoms with van der Waals surface area (Å²) >= 11 is 0. The first-order chi connectivity index (χ1) is 33.2. The summed E-state index contributed by atoms with van der Waals surface area (Å²) in [6.45, 7) is 0. The lowest BCUT2D eigenvalue weighted by Crippen LogP contribution is -2.12. The van der Waals surface area contributed by atoms with Crippen molar-refractivity contribution < 1.29 is 61.5 Å². The van der Waals surface area contributed by atoms with Crippen LogP contribution in [0.25, 0.3) is 65.4 Å². The molecule has 11 aromatic rings. The Morgan fingerprint density at radius 3 is 0.800 bits per heavy atom. The van der Waals surface area contributed by atoms with Gasteiger partial charge in [0, 0.05) is 67.2 Å². The van der Waals surface area contributed by atoms with Gasteiger partial charge in [-0.25, -0.2) is 0 Å². The molecule has 0 saturated heterocycles. The zero-order valence-electron chi connectivity index (χ0n) is 35.4. The van der Waals surface area contributed by atoms with Crippen molar-refractivity contribution in [3.63, 3.8) is 0 Å². The molecule has 4 nitrogen and oxygen atoms in total. The number of alkyl halides is 12. The van der Waals surface area contributed by atoms with E-state index in [1.165, 1.54) is 48.5 Å². The van der Waals surface area contributed by atoms with Crippen LogP contribution in [0.5, 0.6) is 0 Å². The van der Waals surface area contributed by atoms with Gasteiger partial charge in [0.15, 0.2) is 11.2 Å². The predicted octanol–water partition coefficient (Wildman–Crippen LogP) is 18.8. The van der Waals surface area contributed by atoms with Crippen molar-refractivity contribution in [2.45, 2.75) is 24.7 Å². The van der Waals surface area contributed by atoms with Crippen molar-refractivity contribution in [1.82, 2.24) is 0 Å². The zero-order chi connectivity index (χ0) is 49.1. The molecule has 0 bridgehead atoms. The highest BCUT2D eigenvalue weighted by atomic mass is 19.4. The first kappa shape index (κ1) is 44.4. The zero-order valence-corrected chi connectivity index (χ0v) is 35.4. The molecule has 9 aromatic carbocycles. The summed E-state index contributed by atoms with van der Waals surface area (Å²) < 4.78 is 178. The molecule has 0 aliphatic carbocycles. The standard InChI is InChI=1S/C54H28F12N2O2/c55-51(56,57)29-9-17-33(18-10-29)67(34-19-11-30(12-20-34)52(58,59)60)43-27-45-47(39-7-3-1-5-37(39)43)41-25-26-42-48-40-8-4-2-6-38(40)44(28-46(48)70-50(42)49(41)69-45)68(35-21-13-31(14-22-35)53(61,62)63)36-23-15-32(16-24-36)54(64,65)66/h1-28H. The molecule has 350 valence electrons. The summed E-state index contributed by atoms with van der Waals surface area (Å²) in [5.41, 5.74) is -0.997. The number of hydrogen-bond acceptors (Lipinski definition) is 4. The molecule has 16 heteroatoms. The van der Waals surface area contributed by atoms with Crippen LogP contribution in [-0.2, 0) is 24.7 Å². The molecule has 0 unspecified atom stereocenters. The summed E-state index contributed by atoms with van der Waals surface area (Å²) in [6.07, 6.45) is -18.6. The lowest BCUT2D eigenvalue weighted by Gasteiger charge is -2.27. The summed E-state index contributed by atoms with van der Waals surface area (Å²) in [5, 5.41) is 4.85. The quantitative estimate of drug-likeness (QED) is 0.156. The summed E-state index contributed by atoms with van der Waals surface area (Å²) in [6, 6.07) is 38.1. The molecular weight excluding hydrogens is 937 g/mol. The van der Waals surface area contributed by atoms with Gasteiger partial charge in [-0.2, -0.15) is 52.7 Å². The number of benzene rings is 9. The molecule has 0 aliphatic rings. The average Bonchev–Trinajstić information content (AvgIpc) is 3.90. The van der Waals surface area contributed by atoms with Gasteiger partial charge in [-0.3, -0.25) is 0 Å². The topological polar surface area (TPSA) is 32.8 Å². The van der Waals surface area contributed by atoms with Gasteiger partial charge in [-0.05, 0) is 120 Å². The fourth-order valence-corrected chi connectivity index (χ4v) is 9.18. The van der Waals surface area contributed by atoms with Crippen LogP contribution in [0.2, 0.25) is 0 Å². The number of fused-ring (bicyclic) bond motifs is 11. The molecule has 0 atom stereocenters. The Hall–Kier alpha value is -8.14. The highest BCUT2D eigenvalue weighted by molar-refractivity contribution is 6.29. The highest BCUT2D eigenvalue weighted by Gasteiger charge is 2.34. The maximum Gasteiger partial charge on any atom is 0.416 e. The highest BCUT2D eigenvalue weighted by Crippen LogP contribution is 2.50. The minimum atomic E-state index is -4.66. The van der Waals surface area contributed by atoms with Crippen molar-refractivity contribution in [2.24, 2.45) is 0 Å². The molecule has 2 aromatic heterocycles. The number of halogens is 12. The Balaban J connectivity index is 1.13. The second-order valence-electron chi connectivity index (χ2n) is 16.5. The summed E-state index contributed by atoms with van der Waals surface area (Å²) in [7, 11) is 0. The van der Waals surface area contributed by atoms with Crippen molar-refractivity contribution in [1.29, 1.82) is 0 Å².